The molecule has 4 aromatic heterocycles. The van der Waals surface area contributed by atoms with Gasteiger partial charge >= 0.3 is 0 Å². The fourth-order valence-corrected chi connectivity index (χ4v) is 3.98. The van der Waals surface area contributed by atoms with Crippen molar-refractivity contribution in [1.29, 1.82) is 5.26 Å². The third kappa shape index (κ3) is 2.91. The van der Waals surface area contributed by atoms with Crippen LogP contribution in [0.25, 0.3) is 27.9 Å². The lowest BCUT2D eigenvalue weighted by molar-refractivity contribution is 0.372. The zero-order chi connectivity index (χ0) is 18.4. The Bertz CT molecular complexity index is 1190. The van der Waals surface area contributed by atoms with E-state index in [9.17, 15) is 5.26 Å². The molecule has 8 heteroatoms. The lowest BCUT2D eigenvalue weighted by Gasteiger charge is -2.25. The SMILES string of the molecule is Cc1nc2ccc(-c3cnn4ccc(C#N)cc34)nc2n1C1CCCNC1.Cl. The molecule has 7 nitrogen and oxygen atoms in total. The third-order valence-corrected chi connectivity index (χ3v) is 5.28. The van der Waals surface area contributed by atoms with Crippen LogP contribution in [0.15, 0.2) is 36.7 Å². The summed E-state index contributed by atoms with van der Waals surface area (Å²) >= 11 is 0. The van der Waals surface area contributed by atoms with Gasteiger partial charge in [0.25, 0.3) is 0 Å². The molecular formula is C20H20ClN7. The minimum Gasteiger partial charge on any atom is -0.315 e. The summed E-state index contributed by atoms with van der Waals surface area (Å²) in [5.74, 6) is 0.995. The molecule has 1 unspecified atom stereocenters. The molecule has 28 heavy (non-hydrogen) atoms. The largest absolute Gasteiger partial charge is 0.315 e. The molecule has 142 valence electrons. The number of nitriles is 1. The first-order valence-electron chi connectivity index (χ1n) is 9.19. The fraction of sp³-hybridized carbons (Fsp3) is 0.300. The van der Waals surface area contributed by atoms with Gasteiger partial charge in [-0.3, -0.25) is 0 Å². The van der Waals surface area contributed by atoms with Crippen molar-refractivity contribution in [3.8, 4) is 17.3 Å². The average molecular weight is 394 g/mol. The van der Waals surface area contributed by atoms with E-state index in [0.29, 0.717) is 11.6 Å². The zero-order valence-electron chi connectivity index (χ0n) is 15.5. The van der Waals surface area contributed by atoms with E-state index in [-0.39, 0.29) is 12.4 Å². The van der Waals surface area contributed by atoms with Crippen LogP contribution in [0.5, 0.6) is 0 Å². The van der Waals surface area contributed by atoms with Crippen molar-refractivity contribution in [3.63, 3.8) is 0 Å². The van der Waals surface area contributed by atoms with Crippen LogP contribution in [0.3, 0.4) is 0 Å². The number of nitrogens with zero attached hydrogens (tertiary/aromatic N) is 6. The van der Waals surface area contributed by atoms with Crippen LogP contribution < -0.4 is 5.32 Å². The summed E-state index contributed by atoms with van der Waals surface area (Å²) in [5, 5.41) is 17.1. The number of piperidine rings is 1. The van der Waals surface area contributed by atoms with Crippen LogP contribution in [-0.4, -0.2) is 37.2 Å². The van der Waals surface area contributed by atoms with E-state index in [2.05, 4.69) is 21.1 Å². The Morgan fingerprint density at radius 2 is 2.14 bits per heavy atom. The van der Waals surface area contributed by atoms with Gasteiger partial charge in [0.1, 0.15) is 11.3 Å². The molecule has 5 heterocycles. The first-order chi connectivity index (χ1) is 13.2. The van der Waals surface area contributed by atoms with Gasteiger partial charge in [-0.15, -0.1) is 12.4 Å². The maximum Gasteiger partial charge on any atom is 0.160 e. The van der Waals surface area contributed by atoms with Crippen molar-refractivity contribution >= 4 is 29.1 Å². The number of halogens is 1. The van der Waals surface area contributed by atoms with Crippen molar-refractivity contribution < 1.29 is 0 Å². The van der Waals surface area contributed by atoms with Crippen LogP contribution in [-0.2, 0) is 0 Å². The highest BCUT2D eigenvalue weighted by molar-refractivity contribution is 5.85. The van der Waals surface area contributed by atoms with Gasteiger partial charge in [0.2, 0.25) is 0 Å². The van der Waals surface area contributed by atoms with Crippen LogP contribution in [0, 0.1) is 18.3 Å². The molecule has 0 spiro atoms. The third-order valence-electron chi connectivity index (χ3n) is 5.28. The van der Waals surface area contributed by atoms with E-state index in [1.165, 1.54) is 0 Å². The van der Waals surface area contributed by atoms with Crippen LogP contribution in [0.4, 0.5) is 0 Å². The van der Waals surface area contributed by atoms with Crippen molar-refractivity contribution in [2.75, 3.05) is 13.1 Å². The molecule has 4 aromatic rings. The van der Waals surface area contributed by atoms with Gasteiger partial charge < -0.3 is 9.88 Å². The number of fused-ring (bicyclic) bond motifs is 2. The van der Waals surface area contributed by atoms with Crippen molar-refractivity contribution in [1.82, 2.24) is 29.5 Å². The van der Waals surface area contributed by atoms with Crippen LogP contribution in [0.1, 0.15) is 30.3 Å². The number of aryl methyl sites for hydroxylation is 1. The van der Waals surface area contributed by atoms with Gasteiger partial charge in [-0.2, -0.15) is 10.4 Å². The van der Waals surface area contributed by atoms with Crippen molar-refractivity contribution in [2.24, 2.45) is 0 Å². The Morgan fingerprint density at radius 1 is 1.25 bits per heavy atom. The van der Waals surface area contributed by atoms with E-state index in [4.69, 9.17) is 9.97 Å². The van der Waals surface area contributed by atoms with Gasteiger partial charge in [0, 0.05) is 24.3 Å². The summed E-state index contributed by atoms with van der Waals surface area (Å²) in [4.78, 5) is 9.66. The van der Waals surface area contributed by atoms with E-state index in [0.717, 1.165) is 59.7 Å². The average Bonchev–Trinajstić information content (AvgIpc) is 3.27. The smallest absolute Gasteiger partial charge is 0.160 e. The number of nitrogens with one attached hydrogen (secondary N) is 1. The Labute approximate surface area is 168 Å². The molecule has 0 aromatic carbocycles. The molecular weight excluding hydrogens is 374 g/mol. The summed E-state index contributed by atoms with van der Waals surface area (Å²) < 4.78 is 4.03. The monoisotopic (exact) mass is 393 g/mol. The molecule has 0 aliphatic carbocycles. The van der Waals surface area contributed by atoms with Gasteiger partial charge in [-0.05, 0) is 50.6 Å². The first kappa shape index (κ1) is 18.4. The summed E-state index contributed by atoms with van der Waals surface area (Å²) in [5.41, 5.74) is 5.08. The maximum absolute atomic E-state index is 9.21. The molecule has 1 aliphatic heterocycles. The first-order valence-corrected chi connectivity index (χ1v) is 9.19. The lowest BCUT2D eigenvalue weighted by Crippen LogP contribution is -2.32. The van der Waals surface area contributed by atoms with Crippen LogP contribution in [0.2, 0.25) is 0 Å². The van der Waals surface area contributed by atoms with Gasteiger partial charge in [-0.25, -0.2) is 14.5 Å². The molecule has 5 rings (SSSR count). The minimum atomic E-state index is 0. The summed E-state index contributed by atoms with van der Waals surface area (Å²) in [7, 11) is 0. The second-order valence-corrected chi connectivity index (χ2v) is 6.98. The summed E-state index contributed by atoms with van der Waals surface area (Å²) in [6, 6.07) is 10.2. The Kier molecular flexibility index (Phi) is 4.75. The Morgan fingerprint density at radius 3 is 2.93 bits per heavy atom. The normalized spacial score (nSPS) is 16.8. The summed E-state index contributed by atoms with van der Waals surface area (Å²) in [6.07, 6.45) is 5.90. The number of hydrogen-bond donors (Lipinski definition) is 1. The molecule has 0 radical (unpaired) electrons. The number of aromatic nitrogens is 5. The molecule has 1 aliphatic rings. The standard InChI is InChI=1S/C20H19N7.ClH/c1-13-24-18-5-4-17(25-20(18)27(13)15-3-2-7-22-11-15)16-12-23-26-8-6-14(10-21)9-19(16)26;/h4-6,8-9,12,15,22H,2-3,7,11H2,1H3;1H. The van der Waals surface area contributed by atoms with Crippen LogP contribution >= 0.6 is 12.4 Å². The molecule has 1 fully saturated rings. The fourth-order valence-electron chi connectivity index (χ4n) is 3.98. The molecule has 1 atom stereocenters. The van der Waals surface area contributed by atoms with Gasteiger partial charge in [-0.1, -0.05) is 0 Å². The van der Waals surface area contributed by atoms with E-state index >= 15 is 0 Å². The van der Waals surface area contributed by atoms with Gasteiger partial charge in [0.15, 0.2) is 5.65 Å². The van der Waals surface area contributed by atoms with Gasteiger partial charge in [0.05, 0.1) is 29.0 Å². The number of hydrogen-bond acceptors (Lipinski definition) is 5. The molecule has 0 saturated carbocycles. The van der Waals surface area contributed by atoms with Crippen molar-refractivity contribution in [2.45, 2.75) is 25.8 Å². The molecule has 1 saturated heterocycles. The predicted molar refractivity (Wildman–Crippen MR) is 110 cm³/mol. The Hall–Kier alpha value is -2.95. The zero-order valence-corrected chi connectivity index (χ0v) is 16.3. The molecule has 0 amide bonds. The second-order valence-electron chi connectivity index (χ2n) is 6.98. The van der Waals surface area contributed by atoms with Crippen molar-refractivity contribution in [3.05, 3.63) is 48.0 Å². The number of rotatable bonds is 2. The lowest BCUT2D eigenvalue weighted by atomic mass is 10.1. The highest BCUT2D eigenvalue weighted by Crippen LogP contribution is 2.28. The molecule has 0 bridgehead atoms. The maximum atomic E-state index is 9.21. The number of imidazole rings is 1. The quantitative estimate of drug-likeness (QED) is 0.565. The minimum absolute atomic E-state index is 0. The van der Waals surface area contributed by atoms with E-state index < -0.39 is 0 Å². The number of pyridine rings is 2. The topological polar surface area (TPSA) is 83.8 Å². The Balaban J connectivity index is 0.00000192. The molecule has 1 N–H and O–H groups in total. The van der Waals surface area contributed by atoms with E-state index in [1.807, 2.05) is 25.1 Å². The van der Waals surface area contributed by atoms with E-state index in [1.54, 1.807) is 23.0 Å². The summed E-state index contributed by atoms with van der Waals surface area (Å²) in [6.45, 7) is 4.06. The highest BCUT2D eigenvalue weighted by Gasteiger charge is 2.21. The predicted octanol–water partition coefficient (Wildman–Crippen LogP) is 3.27. The second kappa shape index (κ2) is 7.23. The highest BCUT2D eigenvalue weighted by atomic mass is 35.5.